The Kier molecular flexibility index (Phi) is 8.37. The lowest BCUT2D eigenvalue weighted by Gasteiger charge is -2.36. The number of methoxy groups -OCH3 is 1. The lowest BCUT2D eigenvalue weighted by molar-refractivity contribution is -0.139. The average molecular weight is 592 g/mol. The van der Waals surface area contributed by atoms with Gasteiger partial charge in [-0.3, -0.25) is 9.48 Å². The molecular formula is C33H42FN5O4. The number of hydrogen-bond acceptors (Lipinski definition) is 7. The summed E-state index contributed by atoms with van der Waals surface area (Å²) in [7, 11) is 5.45. The van der Waals surface area contributed by atoms with Crippen LogP contribution in [0.4, 0.5) is 4.39 Å². The quantitative estimate of drug-likeness (QED) is 0.320. The van der Waals surface area contributed by atoms with Crippen LogP contribution in [0.25, 0.3) is 33.5 Å². The maximum atomic E-state index is 15.4. The van der Waals surface area contributed by atoms with Crippen molar-refractivity contribution in [2.45, 2.75) is 65.5 Å². The number of aromatic nitrogens is 4. The fourth-order valence-corrected chi connectivity index (χ4v) is 5.90. The molecule has 10 heteroatoms. The number of rotatable bonds is 5. The van der Waals surface area contributed by atoms with Crippen LogP contribution >= 0.6 is 0 Å². The first-order valence-electron chi connectivity index (χ1n) is 14.7. The zero-order chi connectivity index (χ0) is 31.2. The second-order valence-corrected chi connectivity index (χ2v) is 12.6. The van der Waals surface area contributed by atoms with Gasteiger partial charge < -0.3 is 24.0 Å². The number of carbonyl (C=O) groups is 1. The molecule has 2 aliphatic rings. The van der Waals surface area contributed by atoms with Crippen LogP contribution in [-0.4, -0.2) is 74.8 Å². The molecule has 2 aliphatic heterocycles. The fourth-order valence-electron chi connectivity index (χ4n) is 5.90. The van der Waals surface area contributed by atoms with Gasteiger partial charge in [0.1, 0.15) is 11.3 Å². The summed E-state index contributed by atoms with van der Waals surface area (Å²) in [5, 5.41) is 14.3. The Balaban J connectivity index is 0.000000682. The van der Waals surface area contributed by atoms with Gasteiger partial charge in [0.25, 0.3) is 0 Å². The molecule has 1 saturated heterocycles. The Bertz CT molecular complexity index is 1670. The van der Waals surface area contributed by atoms with E-state index >= 15 is 4.39 Å². The predicted molar refractivity (Wildman–Crippen MR) is 165 cm³/mol. The first-order chi connectivity index (χ1) is 20.3. The van der Waals surface area contributed by atoms with Crippen molar-refractivity contribution in [3.8, 4) is 28.3 Å². The number of esters is 1. The maximum Gasteiger partial charge on any atom is 0.310 e. The molecule has 1 fully saturated rings. The summed E-state index contributed by atoms with van der Waals surface area (Å²) in [6.45, 7) is 11.6. The van der Waals surface area contributed by atoms with Gasteiger partial charge in [0.2, 0.25) is 0 Å². The number of pyridine rings is 1. The van der Waals surface area contributed by atoms with Gasteiger partial charge in [-0.15, -0.1) is 0 Å². The summed E-state index contributed by atoms with van der Waals surface area (Å²) in [5.41, 5.74) is 6.88. The highest BCUT2D eigenvalue weighted by Crippen LogP contribution is 2.43. The van der Waals surface area contributed by atoms with Gasteiger partial charge in [0.15, 0.2) is 11.6 Å². The second-order valence-electron chi connectivity index (χ2n) is 12.6. The van der Waals surface area contributed by atoms with Crippen LogP contribution in [0.2, 0.25) is 0 Å². The molecule has 0 aliphatic carbocycles. The van der Waals surface area contributed by atoms with Crippen molar-refractivity contribution < 1.29 is 23.8 Å². The topological polar surface area (TPSA) is 94.6 Å². The molecule has 0 atom stereocenters. The van der Waals surface area contributed by atoms with Crippen LogP contribution in [0.1, 0.15) is 55.6 Å². The number of aryl methyl sites for hydroxylation is 2. The van der Waals surface area contributed by atoms with Crippen LogP contribution in [0.5, 0.6) is 5.75 Å². The minimum Gasteiger partial charge on any atom is -0.490 e. The number of hydrogen-bond donors (Lipinski definition) is 1. The summed E-state index contributed by atoms with van der Waals surface area (Å²) in [5.74, 6) is -0.405. The van der Waals surface area contributed by atoms with Crippen molar-refractivity contribution in [2.24, 2.45) is 7.05 Å². The van der Waals surface area contributed by atoms with Crippen molar-refractivity contribution in [1.29, 1.82) is 0 Å². The second kappa shape index (κ2) is 11.7. The summed E-state index contributed by atoms with van der Waals surface area (Å²) < 4.78 is 30.2. The number of benzene rings is 1. The van der Waals surface area contributed by atoms with E-state index in [1.807, 2.05) is 42.4 Å². The molecule has 5 heterocycles. The summed E-state index contributed by atoms with van der Waals surface area (Å²) in [4.78, 5) is 19.7. The molecule has 1 N–H and O–H groups in total. The minimum atomic E-state index is -0.500. The Hall–Kier alpha value is -3.76. The van der Waals surface area contributed by atoms with Crippen LogP contribution in [0, 0.1) is 19.7 Å². The molecule has 1 aromatic carbocycles. The number of ether oxygens (including phenoxy) is 2. The SMILES string of the molecule is CC(C)(C)O.COC(=O)Cc1c(C)nc2c(cc(-c3ccn(C4CN(C)C4)n3)n2C)c1-c1cc(F)c2c(c1C)CCCO2. The van der Waals surface area contributed by atoms with E-state index in [4.69, 9.17) is 24.7 Å². The smallest absolute Gasteiger partial charge is 0.310 e. The molecule has 0 spiro atoms. The number of halogens is 1. The largest absolute Gasteiger partial charge is 0.490 e. The minimum absolute atomic E-state index is 0.0449. The van der Waals surface area contributed by atoms with E-state index in [2.05, 4.69) is 18.0 Å². The number of likely N-dealkylation sites (tertiary alicyclic amines) is 1. The Morgan fingerprint density at radius 1 is 1.21 bits per heavy atom. The third-order valence-electron chi connectivity index (χ3n) is 8.03. The van der Waals surface area contributed by atoms with Gasteiger partial charge in [0.05, 0.1) is 37.5 Å². The molecule has 0 saturated carbocycles. The van der Waals surface area contributed by atoms with Crippen LogP contribution in [0.15, 0.2) is 24.4 Å². The Labute approximate surface area is 252 Å². The summed E-state index contributed by atoms with van der Waals surface area (Å²) in [6, 6.07) is 6.00. The highest BCUT2D eigenvalue weighted by atomic mass is 19.1. The third-order valence-corrected chi connectivity index (χ3v) is 8.03. The van der Waals surface area contributed by atoms with Crippen LogP contribution in [-0.2, 0) is 29.4 Å². The van der Waals surface area contributed by atoms with Gasteiger partial charge in [-0.2, -0.15) is 5.10 Å². The number of fused-ring (bicyclic) bond motifs is 2. The number of aliphatic hydroxyl groups is 1. The Morgan fingerprint density at radius 3 is 2.56 bits per heavy atom. The number of nitrogens with zero attached hydrogens (tertiary/aromatic N) is 5. The molecule has 0 radical (unpaired) electrons. The summed E-state index contributed by atoms with van der Waals surface area (Å²) >= 11 is 0. The van der Waals surface area contributed by atoms with Crippen molar-refractivity contribution in [1.82, 2.24) is 24.2 Å². The van der Waals surface area contributed by atoms with Gasteiger partial charge >= 0.3 is 5.97 Å². The molecule has 43 heavy (non-hydrogen) atoms. The predicted octanol–water partition coefficient (Wildman–Crippen LogP) is 5.16. The van der Waals surface area contributed by atoms with Gasteiger partial charge in [0, 0.05) is 43.0 Å². The van der Waals surface area contributed by atoms with Gasteiger partial charge in [-0.05, 0) is 95.0 Å². The van der Waals surface area contributed by atoms with Crippen molar-refractivity contribution in [3.63, 3.8) is 0 Å². The lowest BCUT2D eigenvalue weighted by Crippen LogP contribution is -2.45. The molecule has 0 bridgehead atoms. The highest BCUT2D eigenvalue weighted by Gasteiger charge is 2.28. The normalized spacial score (nSPS) is 15.4. The first-order valence-corrected chi connectivity index (χ1v) is 14.7. The molecule has 4 aromatic rings. The zero-order valence-electron chi connectivity index (χ0n) is 26.4. The standard InChI is InChI=1S/C29H32FN5O3.C4H10O/c1-16-19-7-6-10-38-28(19)23(30)11-20(16)27-21(13-26(36)37-5)17(2)31-29-22(27)12-25(34(29)4)24-8-9-35(32-24)18-14-33(3)15-18;1-4(2,3)5/h8-9,11-12,18H,6-7,10,13-15H2,1-5H3;5H,1-3H3. The third kappa shape index (κ3) is 6.17. The number of carbonyl (C=O) groups excluding carboxylic acids is 1. The molecule has 230 valence electrons. The maximum absolute atomic E-state index is 15.4. The number of likely N-dealkylation sites (N-methyl/N-ethyl adjacent to an activating group) is 1. The fraction of sp³-hybridized carbons (Fsp3) is 0.485. The monoisotopic (exact) mass is 591 g/mol. The van der Waals surface area contributed by atoms with E-state index in [0.29, 0.717) is 24.1 Å². The zero-order valence-corrected chi connectivity index (χ0v) is 26.4. The average Bonchev–Trinajstić information content (AvgIpc) is 3.53. The molecule has 9 nitrogen and oxygen atoms in total. The lowest BCUT2D eigenvalue weighted by atomic mass is 9.87. The molecular weight excluding hydrogens is 549 g/mol. The van der Waals surface area contributed by atoms with E-state index in [9.17, 15) is 4.79 Å². The van der Waals surface area contributed by atoms with Crippen molar-refractivity contribution in [2.75, 3.05) is 33.9 Å². The molecule has 6 rings (SSSR count). The highest BCUT2D eigenvalue weighted by molar-refractivity contribution is 6.00. The van der Waals surface area contributed by atoms with E-state index in [-0.39, 0.29) is 18.2 Å². The van der Waals surface area contributed by atoms with Crippen molar-refractivity contribution in [3.05, 3.63) is 52.6 Å². The van der Waals surface area contributed by atoms with Gasteiger partial charge in [-0.1, -0.05) is 0 Å². The van der Waals surface area contributed by atoms with E-state index in [1.54, 1.807) is 26.8 Å². The molecule has 0 amide bonds. The van der Waals surface area contributed by atoms with E-state index < -0.39 is 5.60 Å². The molecule has 3 aromatic heterocycles. The van der Waals surface area contributed by atoms with E-state index in [0.717, 1.165) is 76.2 Å². The molecule has 0 unspecified atom stereocenters. The first kappa shape index (κ1) is 30.7. The Morgan fingerprint density at radius 2 is 1.91 bits per heavy atom. The van der Waals surface area contributed by atoms with Crippen LogP contribution in [0.3, 0.4) is 0 Å². The summed E-state index contributed by atoms with van der Waals surface area (Å²) in [6.07, 6.45) is 3.66. The van der Waals surface area contributed by atoms with Crippen molar-refractivity contribution >= 4 is 17.0 Å². The van der Waals surface area contributed by atoms with Crippen LogP contribution < -0.4 is 4.74 Å². The van der Waals surface area contributed by atoms with Gasteiger partial charge in [-0.25, -0.2) is 9.37 Å². The van der Waals surface area contributed by atoms with E-state index in [1.165, 1.54) is 7.11 Å².